The Morgan fingerprint density at radius 3 is 2.54 bits per heavy atom. The van der Waals surface area contributed by atoms with Crippen molar-refractivity contribution in [1.29, 1.82) is 0 Å². The van der Waals surface area contributed by atoms with E-state index in [0.29, 0.717) is 6.61 Å². The Balaban J connectivity index is 2.40. The molecule has 0 unspecified atom stereocenters. The summed E-state index contributed by atoms with van der Waals surface area (Å²) in [7, 11) is 0. The van der Waals surface area contributed by atoms with Crippen LogP contribution in [0.2, 0.25) is 0 Å². The normalized spacial score (nSPS) is 9.46. The van der Waals surface area contributed by atoms with Gasteiger partial charge in [0.15, 0.2) is 0 Å². The van der Waals surface area contributed by atoms with E-state index in [-0.39, 0.29) is 6.10 Å². The Labute approximate surface area is 79.7 Å². The van der Waals surface area contributed by atoms with E-state index in [4.69, 9.17) is 4.74 Å². The second-order valence-corrected chi connectivity index (χ2v) is 3.03. The number of hydrogen-bond acceptors (Lipinski definition) is 1. The molecule has 0 heterocycles. The minimum Gasteiger partial charge on any atom is -0.366 e. The molecule has 0 atom stereocenters. The molecular formula is C12H14O. The topological polar surface area (TPSA) is 9.23 Å². The fourth-order valence-corrected chi connectivity index (χ4v) is 0.868. The summed E-state index contributed by atoms with van der Waals surface area (Å²) in [6, 6.07) is 9.92. The summed E-state index contributed by atoms with van der Waals surface area (Å²) < 4.78 is 5.29. The van der Waals surface area contributed by atoms with Crippen molar-refractivity contribution in [3.8, 4) is 11.8 Å². The minimum absolute atomic E-state index is 0.255. The van der Waals surface area contributed by atoms with Gasteiger partial charge in [-0.2, -0.15) is 0 Å². The van der Waals surface area contributed by atoms with Gasteiger partial charge in [0, 0.05) is 5.56 Å². The van der Waals surface area contributed by atoms with Crippen LogP contribution in [-0.2, 0) is 4.74 Å². The highest BCUT2D eigenvalue weighted by atomic mass is 16.5. The molecule has 0 fully saturated rings. The van der Waals surface area contributed by atoms with E-state index in [1.165, 1.54) is 0 Å². The number of rotatable bonds is 2. The average Bonchev–Trinajstić information content (AvgIpc) is 2.14. The third kappa shape index (κ3) is 4.35. The second-order valence-electron chi connectivity index (χ2n) is 3.03. The van der Waals surface area contributed by atoms with E-state index in [2.05, 4.69) is 11.8 Å². The van der Waals surface area contributed by atoms with Crippen molar-refractivity contribution in [1.82, 2.24) is 0 Å². The van der Waals surface area contributed by atoms with E-state index >= 15 is 0 Å². The quantitative estimate of drug-likeness (QED) is 0.626. The lowest BCUT2D eigenvalue weighted by Crippen LogP contribution is -2.01. The lowest BCUT2D eigenvalue weighted by Gasteiger charge is -2.00. The zero-order chi connectivity index (χ0) is 9.52. The monoisotopic (exact) mass is 174 g/mol. The van der Waals surface area contributed by atoms with Gasteiger partial charge in [0.2, 0.25) is 0 Å². The van der Waals surface area contributed by atoms with Crippen LogP contribution in [0, 0.1) is 11.8 Å². The summed E-state index contributed by atoms with van der Waals surface area (Å²) in [6.45, 7) is 4.51. The highest BCUT2D eigenvalue weighted by Gasteiger charge is 1.87. The first-order valence-electron chi connectivity index (χ1n) is 4.44. The van der Waals surface area contributed by atoms with E-state index in [9.17, 15) is 0 Å². The van der Waals surface area contributed by atoms with Gasteiger partial charge in [0.25, 0.3) is 0 Å². The van der Waals surface area contributed by atoms with E-state index in [0.717, 1.165) is 5.56 Å². The molecule has 1 nitrogen and oxygen atoms in total. The van der Waals surface area contributed by atoms with Crippen molar-refractivity contribution < 1.29 is 4.74 Å². The van der Waals surface area contributed by atoms with Gasteiger partial charge in [-0.3, -0.25) is 0 Å². The molecule has 68 valence electrons. The molecule has 1 heteroatoms. The molecule has 1 rings (SSSR count). The van der Waals surface area contributed by atoms with Gasteiger partial charge in [0.1, 0.15) is 6.61 Å². The van der Waals surface area contributed by atoms with Crippen LogP contribution in [0.3, 0.4) is 0 Å². The van der Waals surface area contributed by atoms with Crippen LogP contribution >= 0.6 is 0 Å². The maximum absolute atomic E-state index is 5.29. The molecular weight excluding hydrogens is 160 g/mol. The standard InChI is InChI=1S/C12H14O/c1-11(2)13-10-6-9-12-7-4-3-5-8-12/h3-5,7-8,11H,10H2,1-2H3. The van der Waals surface area contributed by atoms with Crippen LogP contribution in [0.25, 0.3) is 0 Å². The Kier molecular flexibility index (Phi) is 4.08. The predicted molar refractivity (Wildman–Crippen MR) is 54.4 cm³/mol. The maximum Gasteiger partial charge on any atom is 0.108 e. The van der Waals surface area contributed by atoms with Crippen LogP contribution in [0.4, 0.5) is 0 Å². The second kappa shape index (κ2) is 5.40. The summed E-state index contributed by atoms with van der Waals surface area (Å²) in [5.41, 5.74) is 1.04. The van der Waals surface area contributed by atoms with Crippen molar-refractivity contribution in [3.63, 3.8) is 0 Å². The number of hydrogen-bond donors (Lipinski definition) is 0. The third-order valence-electron chi connectivity index (χ3n) is 1.50. The first-order chi connectivity index (χ1) is 6.29. The zero-order valence-electron chi connectivity index (χ0n) is 8.08. The summed E-state index contributed by atoms with van der Waals surface area (Å²) >= 11 is 0. The molecule has 0 amide bonds. The Bertz CT molecular complexity index is 290. The summed E-state index contributed by atoms with van der Waals surface area (Å²) in [5, 5.41) is 0. The van der Waals surface area contributed by atoms with Gasteiger partial charge in [-0.05, 0) is 26.0 Å². The van der Waals surface area contributed by atoms with E-state index < -0.39 is 0 Å². The fraction of sp³-hybridized carbons (Fsp3) is 0.333. The van der Waals surface area contributed by atoms with Gasteiger partial charge in [-0.25, -0.2) is 0 Å². The summed E-state index contributed by atoms with van der Waals surface area (Å²) in [6.07, 6.45) is 0.255. The van der Waals surface area contributed by atoms with Gasteiger partial charge >= 0.3 is 0 Å². The molecule has 1 aromatic carbocycles. The zero-order valence-corrected chi connectivity index (χ0v) is 8.08. The highest BCUT2D eigenvalue weighted by molar-refractivity contribution is 5.33. The average molecular weight is 174 g/mol. The molecule has 0 aliphatic heterocycles. The van der Waals surface area contributed by atoms with Gasteiger partial charge < -0.3 is 4.74 Å². The van der Waals surface area contributed by atoms with Crippen molar-refractivity contribution >= 4 is 0 Å². The minimum atomic E-state index is 0.255. The van der Waals surface area contributed by atoms with E-state index in [1.807, 2.05) is 44.2 Å². The van der Waals surface area contributed by atoms with Gasteiger partial charge in [-0.1, -0.05) is 30.0 Å². The predicted octanol–water partition coefficient (Wildman–Crippen LogP) is 2.46. The van der Waals surface area contributed by atoms with E-state index in [1.54, 1.807) is 0 Å². The van der Waals surface area contributed by atoms with Crippen molar-refractivity contribution in [2.75, 3.05) is 6.61 Å². The molecule has 13 heavy (non-hydrogen) atoms. The molecule has 0 bridgehead atoms. The number of ether oxygens (including phenoxy) is 1. The van der Waals surface area contributed by atoms with Gasteiger partial charge in [-0.15, -0.1) is 0 Å². The van der Waals surface area contributed by atoms with Crippen molar-refractivity contribution in [3.05, 3.63) is 35.9 Å². The first kappa shape index (κ1) is 9.83. The lowest BCUT2D eigenvalue weighted by atomic mass is 10.2. The maximum atomic E-state index is 5.29. The molecule has 0 saturated carbocycles. The molecule has 0 N–H and O–H groups in total. The molecule has 0 aromatic heterocycles. The Morgan fingerprint density at radius 2 is 1.92 bits per heavy atom. The molecule has 0 radical (unpaired) electrons. The molecule has 0 saturated heterocycles. The summed E-state index contributed by atoms with van der Waals surface area (Å²) in [5.74, 6) is 5.99. The third-order valence-corrected chi connectivity index (χ3v) is 1.50. The Morgan fingerprint density at radius 1 is 1.23 bits per heavy atom. The fourth-order valence-electron chi connectivity index (χ4n) is 0.868. The van der Waals surface area contributed by atoms with Crippen LogP contribution < -0.4 is 0 Å². The smallest absolute Gasteiger partial charge is 0.108 e. The molecule has 1 aromatic rings. The lowest BCUT2D eigenvalue weighted by molar-refractivity contribution is 0.107. The molecule has 0 aliphatic carbocycles. The Hall–Kier alpha value is -1.26. The van der Waals surface area contributed by atoms with Crippen LogP contribution in [-0.4, -0.2) is 12.7 Å². The van der Waals surface area contributed by atoms with Crippen LogP contribution in [0.5, 0.6) is 0 Å². The van der Waals surface area contributed by atoms with Crippen LogP contribution in [0.15, 0.2) is 30.3 Å². The first-order valence-corrected chi connectivity index (χ1v) is 4.44. The highest BCUT2D eigenvalue weighted by Crippen LogP contribution is 1.94. The van der Waals surface area contributed by atoms with Gasteiger partial charge in [0.05, 0.1) is 6.10 Å². The van der Waals surface area contributed by atoms with Crippen molar-refractivity contribution in [2.24, 2.45) is 0 Å². The van der Waals surface area contributed by atoms with Crippen molar-refractivity contribution in [2.45, 2.75) is 20.0 Å². The molecule has 0 spiro atoms. The SMILES string of the molecule is CC(C)OCC#Cc1ccccc1. The molecule has 0 aliphatic rings. The van der Waals surface area contributed by atoms with Crippen LogP contribution in [0.1, 0.15) is 19.4 Å². The number of benzene rings is 1. The largest absolute Gasteiger partial charge is 0.366 e. The summed E-state index contributed by atoms with van der Waals surface area (Å²) in [4.78, 5) is 0.